The Morgan fingerprint density at radius 1 is 1.18 bits per heavy atom. The van der Waals surface area contributed by atoms with Crippen LogP contribution in [-0.2, 0) is 22.1 Å². The molecule has 2 heterocycles. The van der Waals surface area contributed by atoms with Gasteiger partial charge >= 0.3 is 0 Å². The number of hydrogen-bond acceptors (Lipinski definition) is 5. The van der Waals surface area contributed by atoms with E-state index in [-0.39, 0.29) is 11.7 Å². The summed E-state index contributed by atoms with van der Waals surface area (Å²) in [6.07, 6.45) is 0. The molecule has 0 saturated heterocycles. The van der Waals surface area contributed by atoms with Crippen molar-refractivity contribution in [3.8, 4) is 16.2 Å². The van der Waals surface area contributed by atoms with Gasteiger partial charge in [0.1, 0.15) is 5.75 Å². The lowest BCUT2D eigenvalue weighted by Crippen LogP contribution is -2.21. The Kier molecular flexibility index (Phi) is 5.03. The minimum atomic E-state index is -3.42. The molecule has 144 valence electrons. The van der Waals surface area contributed by atoms with E-state index in [0.29, 0.717) is 31.9 Å². The van der Waals surface area contributed by atoms with E-state index in [9.17, 15) is 13.2 Å². The molecule has 3 aromatic rings. The average Bonchev–Trinajstić information content (AvgIpc) is 3.10. The zero-order valence-corrected chi connectivity index (χ0v) is 18.1. The van der Waals surface area contributed by atoms with Gasteiger partial charge in [-0.3, -0.25) is 4.79 Å². The van der Waals surface area contributed by atoms with Gasteiger partial charge in [0.05, 0.1) is 22.6 Å². The van der Waals surface area contributed by atoms with Crippen molar-refractivity contribution < 1.29 is 17.9 Å². The van der Waals surface area contributed by atoms with Gasteiger partial charge in [0.25, 0.3) is 5.91 Å². The van der Waals surface area contributed by atoms with E-state index in [4.69, 9.17) is 4.74 Å². The lowest BCUT2D eigenvalue weighted by atomic mass is 10.1. The van der Waals surface area contributed by atoms with Crippen molar-refractivity contribution in [2.75, 3.05) is 7.11 Å². The number of halogens is 1. The summed E-state index contributed by atoms with van der Waals surface area (Å²) < 4.78 is 31.0. The molecule has 5 nitrogen and oxygen atoms in total. The van der Waals surface area contributed by atoms with Crippen LogP contribution in [0.5, 0.6) is 5.75 Å². The number of sulfone groups is 1. The average molecular weight is 478 g/mol. The minimum Gasteiger partial charge on any atom is -0.497 e. The maximum absolute atomic E-state index is 12.6. The standard InChI is InChI=1S/C20H16BrNO4S2/c1-26-15-5-2-12(3-6-15)10-22-20(23)17-8-13-11-28(24,25)18-9-14(21)4-7-16(18)19(13)27-17/h2-9H,10-11H2,1H3,(H,22,23). The first kappa shape index (κ1) is 19.2. The second-order valence-electron chi connectivity index (χ2n) is 6.40. The molecular weight excluding hydrogens is 462 g/mol. The van der Waals surface area contributed by atoms with E-state index < -0.39 is 9.84 Å². The Hall–Kier alpha value is -2.16. The van der Waals surface area contributed by atoms with E-state index in [2.05, 4.69) is 21.2 Å². The predicted molar refractivity (Wildman–Crippen MR) is 113 cm³/mol. The molecule has 1 amide bonds. The molecular formula is C20H16BrNO4S2. The smallest absolute Gasteiger partial charge is 0.261 e. The highest BCUT2D eigenvalue weighted by Gasteiger charge is 2.31. The third kappa shape index (κ3) is 3.59. The van der Waals surface area contributed by atoms with E-state index in [0.717, 1.165) is 16.2 Å². The lowest BCUT2D eigenvalue weighted by Gasteiger charge is -2.16. The number of hydrogen-bond donors (Lipinski definition) is 1. The third-order valence-corrected chi connectivity index (χ3v) is 7.92. The molecule has 28 heavy (non-hydrogen) atoms. The van der Waals surface area contributed by atoms with Crippen LogP contribution < -0.4 is 10.1 Å². The van der Waals surface area contributed by atoms with Crippen molar-refractivity contribution in [1.29, 1.82) is 0 Å². The predicted octanol–water partition coefficient (Wildman–Crippen LogP) is 4.40. The number of methoxy groups -OCH3 is 1. The Morgan fingerprint density at radius 2 is 1.93 bits per heavy atom. The summed E-state index contributed by atoms with van der Waals surface area (Å²) >= 11 is 4.65. The summed E-state index contributed by atoms with van der Waals surface area (Å²) in [6, 6.07) is 14.4. The number of ether oxygens (including phenoxy) is 1. The topological polar surface area (TPSA) is 72.5 Å². The van der Waals surface area contributed by atoms with Crippen molar-refractivity contribution in [3.05, 3.63) is 69.0 Å². The number of carbonyl (C=O) groups excluding carboxylic acids is 1. The van der Waals surface area contributed by atoms with Crippen molar-refractivity contribution in [2.24, 2.45) is 0 Å². The van der Waals surface area contributed by atoms with Crippen molar-refractivity contribution >= 4 is 43.0 Å². The van der Waals surface area contributed by atoms with Gasteiger partial charge in [-0.05, 0) is 41.5 Å². The molecule has 0 saturated carbocycles. The number of thiophene rings is 1. The SMILES string of the molecule is COc1ccc(CNC(=O)c2cc3c(s2)-c2ccc(Br)cc2S(=O)(=O)C3)cc1. The van der Waals surface area contributed by atoms with Crippen LogP contribution in [0.25, 0.3) is 10.4 Å². The van der Waals surface area contributed by atoms with Gasteiger partial charge < -0.3 is 10.1 Å². The summed E-state index contributed by atoms with van der Waals surface area (Å²) in [5, 5.41) is 2.89. The Morgan fingerprint density at radius 3 is 2.64 bits per heavy atom. The molecule has 0 aliphatic carbocycles. The molecule has 0 atom stereocenters. The Balaban J connectivity index is 1.58. The summed E-state index contributed by atoms with van der Waals surface area (Å²) in [6.45, 7) is 0.382. The highest BCUT2D eigenvalue weighted by atomic mass is 79.9. The fourth-order valence-corrected chi connectivity index (χ4v) is 6.52. The van der Waals surface area contributed by atoms with Gasteiger partial charge in [-0.15, -0.1) is 11.3 Å². The molecule has 0 bridgehead atoms. The molecule has 1 aliphatic heterocycles. The number of carbonyl (C=O) groups is 1. The second-order valence-corrected chi connectivity index (χ2v) is 10.3. The Labute approximate surface area is 175 Å². The number of rotatable bonds is 4. The van der Waals surface area contributed by atoms with Gasteiger partial charge in [-0.25, -0.2) is 8.42 Å². The van der Waals surface area contributed by atoms with Gasteiger partial charge in [0.15, 0.2) is 9.84 Å². The van der Waals surface area contributed by atoms with Crippen molar-refractivity contribution in [2.45, 2.75) is 17.2 Å². The fourth-order valence-electron chi connectivity index (χ4n) is 3.11. The molecule has 2 aromatic carbocycles. The number of nitrogens with one attached hydrogen (secondary N) is 1. The normalized spacial score (nSPS) is 14.1. The molecule has 1 aliphatic rings. The molecule has 0 spiro atoms. The molecule has 0 unspecified atom stereocenters. The quantitative estimate of drug-likeness (QED) is 0.604. The van der Waals surface area contributed by atoms with E-state index in [1.165, 1.54) is 11.3 Å². The zero-order valence-electron chi connectivity index (χ0n) is 14.9. The number of fused-ring (bicyclic) bond motifs is 3. The number of benzene rings is 2. The minimum absolute atomic E-state index is 0.0892. The maximum Gasteiger partial charge on any atom is 0.261 e. The second kappa shape index (κ2) is 7.35. The van der Waals surface area contributed by atoms with E-state index in [1.54, 1.807) is 25.3 Å². The monoisotopic (exact) mass is 477 g/mol. The highest BCUT2D eigenvalue weighted by molar-refractivity contribution is 9.10. The summed E-state index contributed by atoms with van der Waals surface area (Å²) in [7, 11) is -1.82. The van der Waals surface area contributed by atoms with Gasteiger partial charge in [-0.2, -0.15) is 0 Å². The first-order valence-corrected chi connectivity index (χ1v) is 11.7. The van der Waals surface area contributed by atoms with Crippen molar-refractivity contribution in [1.82, 2.24) is 5.32 Å². The molecule has 4 rings (SSSR count). The molecule has 0 radical (unpaired) electrons. The van der Waals surface area contributed by atoms with E-state index in [1.807, 2.05) is 30.3 Å². The van der Waals surface area contributed by atoms with Gasteiger partial charge in [0.2, 0.25) is 0 Å². The van der Waals surface area contributed by atoms with Crippen LogP contribution in [0.15, 0.2) is 57.9 Å². The largest absolute Gasteiger partial charge is 0.497 e. The molecule has 0 fully saturated rings. The third-order valence-electron chi connectivity index (χ3n) is 4.51. The zero-order chi connectivity index (χ0) is 19.9. The van der Waals surface area contributed by atoms with Crippen LogP contribution in [0.3, 0.4) is 0 Å². The summed E-state index contributed by atoms with van der Waals surface area (Å²) in [5.41, 5.74) is 2.28. The van der Waals surface area contributed by atoms with Crippen LogP contribution >= 0.6 is 27.3 Å². The fraction of sp³-hybridized carbons (Fsp3) is 0.150. The molecule has 1 aromatic heterocycles. The molecule has 1 N–H and O–H groups in total. The summed E-state index contributed by atoms with van der Waals surface area (Å²) in [4.78, 5) is 14.3. The van der Waals surface area contributed by atoms with Crippen molar-refractivity contribution in [3.63, 3.8) is 0 Å². The summed E-state index contributed by atoms with van der Waals surface area (Å²) in [5.74, 6) is 0.451. The first-order chi connectivity index (χ1) is 13.4. The van der Waals surface area contributed by atoms with E-state index >= 15 is 0 Å². The molecule has 8 heteroatoms. The Bertz CT molecular complexity index is 1170. The van der Waals surface area contributed by atoms with Gasteiger partial charge in [-0.1, -0.05) is 34.1 Å². The van der Waals surface area contributed by atoms with Crippen LogP contribution in [0, 0.1) is 0 Å². The van der Waals surface area contributed by atoms with Crippen LogP contribution in [0.4, 0.5) is 0 Å². The van der Waals surface area contributed by atoms with Crippen LogP contribution in [0.1, 0.15) is 20.8 Å². The van der Waals surface area contributed by atoms with Crippen LogP contribution in [0.2, 0.25) is 0 Å². The first-order valence-electron chi connectivity index (χ1n) is 8.44. The number of amides is 1. The van der Waals surface area contributed by atoms with Gasteiger partial charge in [0, 0.05) is 21.5 Å². The van der Waals surface area contributed by atoms with Crippen LogP contribution in [-0.4, -0.2) is 21.4 Å². The highest BCUT2D eigenvalue weighted by Crippen LogP contribution is 2.43. The maximum atomic E-state index is 12.6. The lowest BCUT2D eigenvalue weighted by molar-refractivity contribution is 0.0955.